The van der Waals surface area contributed by atoms with E-state index in [0.717, 1.165) is 5.02 Å². The van der Waals surface area contributed by atoms with Gasteiger partial charge in [0.25, 0.3) is 0 Å². The maximum absolute atomic E-state index is 5.92. The molecule has 1 fully saturated rings. The summed E-state index contributed by atoms with van der Waals surface area (Å²) in [6.45, 7) is 4.59. The molecule has 0 saturated heterocycles. The fraction of sp³-hybridized carbons (Fsp3) is 0.438. The molecule has 2 aliphatic rings. The van der Waals surface area contributed by atoms with Crippen molar-refractivity contribution in [3.63, 3.8) is 0 Å². The molecule has 0 aromatic heterocycles. The van der Waals surface area contributed by atoms with Gasteiger partial charge >= 0.3 is 0 Å². The van der Waals surface area contributed by atoms with E-state index in [1.807, 2.05) is 24.3 Å². The number of allylic oxidation sites excluding steroid dienone is 1. The first kappa shape index (κ1) is 12.7. The lowest BCUT2D eigenvalue weighted by molar-refractivity contribution is 0.385. The lowest BCUT2D eigenvalue weighted by atomic mass is 9.70. The Kier molecular flexibility index (Phi) is 3.14. The highest BCUT2D eigenvalue weighted by atomic mass is 35.5. The number of rotatable bonds is 1. The fourth-order valence-electron chi connectivity index (χ4n) is 3.09. The molecule has 1 atom stereocenters. The van der Waals surface area contributed by atoms with Crippen molar-refractivity contribution in [2.45, 2.75) is 33.1 Å². The van der Waals surface area contributed by atoms with E-state index in [2.05, 4.69) is 30.5 Å². The van der Waals surface area contributed by atoms with Crippen molar-refractivity contribution in [2.75, 3.05) is 0 Å². The molecule has 2 nitrogen and oxygen atoms in total. The van der Waals surface area contributed by atoms with Gasteiger partial charge in [0.05, 0.1) is 5.71 Å². The third kappa shape index (κ3) is 2.42. The van der Waals surface area contributed by atoms with E-state index in [4.69, 9.17) is 11.6 Å². The molecule has 1 heterocycles. The zero-order valence-corrected chi connectivity index (χ0v) is 12.2. The minimum atomic E-state index is 0.228. The number of fused-ring (bicyclic) bond motifs is 1. The third-order valence-corrected chi connectivity index (χ3v) is 4.44. The largest absolute Gasteiger partial charge is 0.282 e. The summed E-state index contributed by atoms with van der Waals surface area (Å²) in [5, 5.41) is 5.35. The number of nitrogens with zero attached hydrogens (tertiary/aromatic N) is 1. The van der Waals surface area contributed by atoms with E-state index in [1.165, 1.54) is 36.2 Å². The highest BCUT2D eigenvalue weighted by molar-refractivity contribution is 6.30. The van der Waals surface area contributed by atoms with Crippen molar-refractivity contribution in [3.05, 3.63) is 40.5 Å². The summed E-state index contributed by atoms with van der Waals surface area (Å²) in [6.07, 6.45) is 5.90. The lowest BCUT2D eigenvalue weighted by Crippen LogP contribution is -2.33. The second-order valence-corrected chi connectivity index (χ2v) is 6.53. The van der Waals surface area contributed by atoms with E-state index in [9.17, 15) is 0 Å². The Morgan fingerprint density at radius 3 is 2.79 bits per heavy atom. The van der Waals surface area contributed by atoms with Gasteiger partial charge < -0.3 is 0 Å². The van der Waals surface area contributed by atoms with Gasteiger partial charge in [-0.05, 0) is 36.6 Å². The maximum atomic E-state index is 5.92. The van der Waals surface area contributed by atoms with Gasteiger partial charge in [0.15, 0.2) is 0 Å². The second-order valence-electron chi connectivity index (χ2n) is 6.09. The number of nitrogens with one attached hydrogen (secondary N) is 1. The van der Waals surface area contributed by atoms with Crippen LogP contribution in [0.2, 0.25) is 5.02 Å². The van der Waals surface area contributed by atoms with Crippen molar-refractivity contribution in [3.8, 4) is 0 Å². The van der Waals surface area contributed by atoms with Crippen LogP contribution in [0.15, 0.2) is 35.1 Å². The monoisotopic (exact) mass is 274 g/mol. The van der Waals surface area contributed by atoms with Gasteiger partial charge in [0, 0.05) is 22.1 Å². The number of hydrogen-bond acceptors (Lipinski definition) is 2. The highest BCUT2D eigenvalue weighted by Gasteiger charge is 2.40. The molecule has 1 saturated carbocycles. The van der Waals surface area contributed by atoms with Gasteiger partial charge in [-0.25, -0.2) is 0 Å². The summed E-state index contributed by atoms with van der Waals surface area (Å²) < 4.78 is 0. The normalized spacial score (nSPS) is 26.8. The van der Waals surface area contributed by atoms with Crippen LogP contribution in [-0.4, -0.2) is 5.71 Å². The summed E-state index contributed by atoms with van der Waals surface area (Å²) in [6, 6.07) is 7.94. The summed E-state index contributed by atoms with van der Waals surface area (Å²) in [5.74, 6) is 0.472. The summed E-state index contributed by atoms with van der Waals surface area (Å²) in [7, 11) is 0. The lowest BCUT2D eigenvalue weighted by Gasteiger charge is -2.33. The zero-order valence-electron chi connectivity index (χ0n) is 11.4. The van der Waals surface area contributed by atoms with Gasteiger partial charge in [-0.3, -0.25) is 5.43 Å². The summed E-state index contributed by atoms with van der Waals surface area (Å²) in [4.78, 5) is 0. The van der Waals surface area contributed by atoms with E-state index in [-0.39, 0.29) is 5.41 Å². The van der Waals surface area contributed by atoms with Crippen LogP contribution in [0.5, 0.6) is 0 Å². The number of hydrogen-bond donors (Lipinski definition) is 1. The van der Waals surface area contributed by atoms with Gasteiger partial charge in [-0.2, -0.15) is 5.10 Å². The Hall–Kier alpha value is -1.28. The van der Waals surface area contributed by atoms with Crippen LogP contribution in [0, 0.1) is 11.3 Å². The number of halogens is 1. The predicted octanol–water partition coefficient (Wildman–Crippen LogP) is 4.47. The summed E-state index contributed by atoms with van der Waals surface area (Å²) >= 11 is 5.92. The first-order valence-electron chi connectivity index (χ1n) is 6.87. The second kappa shape index (κ2) is 4.68. The molecule has 100 valence electrons. The van der Waals surface area contributed by atoms with Gasteiger partial charge in [0.1, 0.15) is 0 Å². The molecule has 0 bridgehead atoms. The first-order valence-corrected chi connectivity index (χ1v) is 7.25. The molecular formula is C16H19ClN2. The Labute approximate surface area is 119 Å². The number of benzene rings is 1. The van der Waals surface area contributed by atoms with Gasteiger partial charge in [-0.1, -0.05) is 44.0 Å². The van der Waals surface area contributed by atoms with Crippen LogP contribution in [0.3, 0.4) is 0 Å². The highest BCUT2D eigenvalue weighted by Crippen LogP contribution is 2.41. The van der Waals surface area contributed by atoms with Crippen LogP contribution in [-0.2, 0) is 0 Å². The van der Waals surface area contributed by atoms with Crippen molar-refractivity contribution >= 4 is 23.4 Å². The molecule has 1 aliphatic carbocycles. The quantitative estimate of drug-likeness (QED) is 0.803. The van der Waals surface area contributed by atoms with Gasteiger partial charge in [-0.15, -0.1) is 0 Å². The minimum Gasteiger partial charge on any atom is -0.282 e. The molecule has 19 heavy (non-hydrogen) atoms. The molecule has 0 radical (unpaired) electrons. The molecule has 1 unspecified atom stereocenters. The van der Waals surface area contributed by atoms with Crippen LogP contribution in [0.1, 0.15) is 38.7 Å². The van der Waals surface area contributed by atoms with E-state index < -0.39 is 0 Å². The molecule has 3 heteroatoms. The van der Waals surface area contributed by atoms with Crippen molar-refractivity contribution in [2.24, 2.45) is 16.4 Å². The van der Waals surface area contributed by atoms with E-state index in [0.29, 0.717) is 5.92 Å². The standard InChI is InChI=1S/C16H19ClN2/c1-16(2)9-3-4-13-14(18-19-15(13)16)10-11-5-7-12(17)8-6-11/h5-8,10,13,18H,3-4,9H2,1-2H3. The molecule has 3 rings (SSSR count). The molecule has 1 aromatic carbocycles. The Morgan fingerprint density at radius 1 is 1.32 bits per heavy atom. The van der Waals surface area contributed by atoms with E-state index >= 15 is 0 Å². The number of hydrazone groups is 1. The van der Waals surface area contributed by atoms with Crippen LogP contribution < -0.4 is 5.43 Å². The van der Waals surface area contributed by atoms with Crippen molar-refractivity contribution < 1.29 is 0 Å². The fourth-order valence-corrected chi connectivity index (χ4v) is 3.22. The van der Waals surface area contributed by atoms with Gasteiger partial charge in [0.2, 0.25) is 0 Å². The van der Waals surface area contributed by atoms with E-state index in [1.54, 1.807) is 0 Å². The predicted molar refractivity (Wildman–Crippen MR) is 81.1 cm³/mol. The molecule has 1 aromatic rings. The van der Waals surface area contributed by atoms with Crippen LogP contribution >= 0.6 is 11.6 Å². The topological polar surface area (TPSA) is 24.4 Å². The molecule has 1 N–H and O–H groups in total. The smallest absolute Gasteiger partial charge is 0.0528 e. The maximum Gasteiger partial charge on any atom is 0.0528 e. The Morgan fingerprint density at radius 2 is 2.05 bits per heavy atom. The van der Waals surface area contributed by atoms with Crippen LogP contribution in [0.25, 0.3) is 6.08 Å². The molecular weight excluding hydrogens is 256 g/mol. The Balaban J connectivity index is 1.87. The summed E-state index contributed by atoms with van der Waals surface area (Å²) in [5.41, 5.74) is 7.18. The zero-order chi connectivity index (χ0) is 13.5. The third-order valence-electron chi connectivity index (χ3n) is 4.19. The van der Waals surface area contributed by atoms with Crippen molar-refractivity contribution in [1.29, 1.82) is 0 Å². The first-order chi connectivity index (χ1) is 9.06. The molecule has 0 amide bonds. The average Bonchev–Trinajstić information content (AvgIpc) is 2.77. The molecule has 1 aliphatic heterocycles. The minimum absolute atomic E-state index is 0.228. The molecule has 0 spiro atoms. The average molecular weight is 275 g/mol. The SMILES string of the molecule is CC1(C)CCCC2C(=Cc3ccc(Cl)cc3)NN=C21. The van der Waals surface area contributed by atoms with Crippen molar-refractivity contribution in [1.82, 2.24) is 5.43 Å². The Bertz CT molecular complexity index is 540. The van der Waals surface area contributed by atoms with Crippen LogP contribution in [0.4, 0.5) is 0 Å².